The van der Waals surface area contributed by atoms with E-state index in [1.54, 1.807) is 0 Å². The van der Waals surface area contributed by atoms with Gasteiger partial charge in [0.25, 0.3) is 0 Å². The summed E-state index contributed by atoms with van der Waals surface area (Å²) in [6.45, 7) is 2.34. The molecule has 4 heteroatoms. The Balaban J connectivity index is 1.25. The summed E-state index contributed by atoms with van der Waals surface area (Å²) in [6.07, 6.45) is 11.1. The lowest BCUT2D eigenvalue weighted by Gasteiger charge is -2.11. The van der Waals surface area contributed by atoms with Crippen molar-refractivity contribution in [3.8, 4) is 12.1 Å². The molecule has 0 aliphatic carbocycles. The summed E-state index contributed by atoms with van der Waals surface area (Å²) in [7, 11) is 0. The van der Waals surface area contributed by atoms with Crippen LogP contribution in [-0.4, -0.2) is 9.97 Å². The van der Waals surface area contributed by atoms with Crippen LogP contribution in [0.3, 0.4) is 0 Å². The molecule has 0 radical (unpaired) electrons. The Bertz CT molecular complexity index is 1250. The highest BCUT2D eigenvalue weighted by Crippen LogP contribution is 2.25. The number of aromatic amines is 2. The molecule has 2 heterocycles. The van der Waals surface area contributed by atoms with Crippen LogP contribution in [0, 0.1) is 28.6 Å². The number of nitrogens with one attached hydrogen (secondary N) is 2. The van der Waals surface area contributed by atoms with E-state index in [-0.39, 0.29) is 0 Å². The quantitative estimate of drug-likeness (QED) is 0.340. The fraction of sp³-hybridized carbons (Fsp3) is 0.308. The van der Waals surface area contributed by atoms with E-state index in [4.69, 9.17) is 10.5 Å². The van der Waals surface area contributed by atoms with Crippen molar-refractivity contribution < 1.29 is 0 Å². The van der Waals surface area contributed by atoms with E-state index in [0.29, 0.717) is 11.5 Å². The van der Waals surface area contributed by atoms with Crippen LogP contribution in [-0.2, 0) is 12.8 Å². The maximum absolute atomic E-state index is 9.13. The Morgan fingerprint density at radius 1 is 0.767 bits per heavy atom. The lowest BCUT2D eigenvalue weighted by Crippen LogP contribution is -1.98. The molecule has 2 aromatic heterocycles. The molecule has 0 saturated carbocycles. The largest absolute Gasteiger partial charge is 0.361 e. The number of rotatable bonds is 8. The van der Waals surface area contributed by atoms with Gasteiger partial charge in [-0.2, -0.15) is 10.5 Å². The zero-order valence-corrected chi connectivity index (χ0v) is 17.3. The molecule has 4 aromatic rings. The van der Waals surface area contributed by atoms with Gasteiger partial charge in [-0.25, -0.2) is 0 Å². The summed E-state index contributed by atoms with van der Waals surface area (Å²) in [5.74, 6) is 0.682. The molecular weight excluding hydrogens is 368 g/mol. The molecule has 2 N–H and O–H groups in total. The third-order valence-electron chi connectivity index (χ3n) is 6.09. The molecule has 0 aliphatic heterocycles. The van der Waals surface area contributed by atoms with Crippen LogP contribution in [0.1, 0.15) is 54.9 Å². The SMILES string of the molecule is CC(CCCCc1c[nH]c2ccc(C#N)cc12)CCc1c[nH]c2cc(C#N)ccc12. The number of hydrogen-bond acceptors (Lipinski definition) is 2. The van der Waals surface area contributed by atoms with Crippen molar-refractivity contribution in [2.45, 2.75) is 45.4 Å². The average Bonchev–Trinajstić information content (AvgIpc) is 3.38. The van der Waals surface area contributed by atoms with Gasteiger partial charge in [-0.3, -0.25) is 0 Å². The second kappa shape index (κ2) is 8.89. The molecule has 0 amide bonds. The summed E-state index contributed by atoms with van der Waals surface area (Å²) in [5, 5.41) is 20.6. The van der Waals surface area contributed by atoms with Crippen molar-refractivity contribution in [3.63, 3.8) is 0 Å². The molecule has 0 saturated heterocycles. The van der Waals surface area contributed by atoms with Gasteiger partial charge in [0.2, 0.25) is 0 Å². The zero-order valence-electron chi connectivity index (χ0n) is 17.3. The van der Waals surface area contributed by atoms with Crippen molar-refractivity contribution in [2.24, 2.45) is 5.92 Å². The predicted molar refractivity (Wildman–Crippen MR) is 121 cm³/mol. The van der Waals surface area contributed by atoms with Crippen molar-refractivity contribution in [2.75, 3.05) is 0 Å². The first kappa shape index (κ1) is 19.8. The molecule has 1 atom stereocenters. The number of unbranched alkanes of at least 4 members (excludes halogenated alkanes) is 1. The summed E-state index contributed by atoms with van der Waals surface area (Å²) >= 11 is 0. The molecule has 150 valence electrons. The summed E-state index contributed by atoms with van der Waals surface area (Å²) in [6, 6.07) is 16.1. The molecule has 30 heavy (non-hydrogen) atoms. The van der Waals surface area contributed by atoms with Gasteiger partial charge in [0, 0.05) is 34.2 Å². The molecule has 0 aliphatic rings. The number of nitrogens with zero attached hydrogens (tertiary/aromatic N) is 2. The Labute approximate surface area is 177 Å². The van der Waals surface area contributed by atoms with Gasteiger partial charge in [0.1, 0.15) is 0 Å². The second-order valence-electron chi connectivity index (χ2n) is 8.26. The molecule has 0 spiro atoms. The fourth-order valence-electron chi connectivity index (χ4n) is 4.27. The Morgan fingerprint density at radius 2 is 1.47 bits per heavy atom. The fourth-order valence-corrected chi connectivity index (χ4v) is 4.27. The second-order valence-corrected chi connectivity index (χ2v) is 8.26. The van der Waals surface area contributed by atoms with Gasteiger partial charge >= 0.3 is 0 Å². The minimum atomic E-state index is 0.682. The maximum Gasteiger partial charge on any atom is 0.0992 e. The van der Waals surface area contributed by atoms with Crippen LogP contribution in [0.25, 0.3) is 21.8 Å². The van der Waals surface area contributed by atoms with E-state index in [0.717, 1.165) is 35.9 Å². The molecule has 1 unspecified atom stereocenters. The smallest absolute Gasteiger partial charge is 0.0992 e. The first-order chi connectivity index (χ1) is 14.7. The van der Waals surface area contributed by atoms with Crippen molar-refractivity contribution in [1.29, 1.82) is 10.5 Å². The van der Waals surface area contributed by atoms with Crippen molar-refractivity contribution >= 4 is 21.8 Å². The van der Waals surface area contributed by atoms with E-state index in [1.165, 1.54) is 41.2 Å². The van der Waals surface area contributed by atoms with Crippen molar-refractivity contribution in [3.05, 3.63) is 71.0 Å². The van der Waals surface area contributed by atoms with E-state index >= 15 is 0 Å². The number of H-pyrrole nitrogens is 2. The Morgan fingerprint density at radius 3 is 2.27 bits per heavy atom. The van der Waals surface area contributed by atoms with E-state index in [1.807, 2.05) is 30.3 Å². The maximum atomic E-state index is 9.13. The molecule has 0 bridgehead atoms. The molecule has 2 aromatic carbocycles. The highest BCUT2D eigenvalue weighted by atomic mass is 14.7. The highest BCUT2D eigenvalue weighted by Gasteiger charge is 2.09. The number of nitriles is 2. The normalized spacial score (nSPS) is 12.1. The molecule has 4 nitrogen and oxygen atoms in total. The molecular formula is C26H26N4. The first-order valence-corrected chi connectivity index (χ1v) is 10.7. The molecule has 4 rings (SSSR count). The highest BCUT2D eigenvalue weighted by molar-refractivity contribution is 5.85. The third kappa shape index (κ3) is 4.24. The van der Waals surface area contributed by atoms with Gasteiger partial charge in [-0.1, -0.05) is 25.8 Å². The average molecular weight is 395 g/mol. The van der Waals surface area contributed by atoms with Gasteiger partial charge in [0.05, 0.1) is 23.3 Å². The Hall–Kier alpha value is -3.50. The topological polar surface area (TPSA) is 79.2 Å². The number of fused-ring (bicyclic) bond motifs is 2. The standard InChI is InChI=1S/C26H26N4/c1-18(6-9-22-17-30-26-13-20(15-28)7-10-23(22)26)4-2-3-5-21-16-29-25-11-8-19(14-27)12-24(21)25/h7-8,10-13,16-18,29-30H,2-6,9H2,1H3. The predicted octanol–water partition coefficient (Wildman–Crippen LogP) is 6.37. The van der Waals surface area contributed by atoms with Gasteiger partial charge in [-0.05, 0) is 73.1 Å². The van der Waals surface area contributed by atoms with Crippen LogP contribution in [0.4, 0.5) is 0 Å². The van der Waals surface area contributed by atoms with Gasteiger partial charge < -0.3 is 9.97 Å². The van der Waals surface area contributed by atoms with Gasteiger partial charge in [-0.15, -0.1) is 0 Å². The van der Waals surface area contributed by atoms with Crippen LogP contribution in [0.2, 0.25) is 0 Å². The summed E-state index contributed by atoms with van der Waals surface area (Å²) in [4.78, 5) is 6.62. The Kier molecular flexibility index (Phi) is 5.87. The van der Waals surface area contributed by atoms with Gasteiger partial charge in [0.15, 0.2) is 0 Å². The third-order valence-corrected chi connectivity index (χ3v) is 6.09. The van der Waals surface area contributed by atoms with Crippen LogP contribution in [0.15, 0.2) is 48.8 Å². The number of hydrogen-bond donors (Lipinski definition) is 2. The van der Waals surface area contributed by atoms with Crippen LogP contribution < -0.4 is 0 Å². The number of aryl methyl sites for hydroxylation is 2. The first-order valence-electron chi connectivity index (χ1n) is 10.7. The van der Waals surface area contributed by atoms with E-state index < -0.39 is 0 Å². The minimum Gasteiger partial charge on any atom is -0.361 e. The van der Waals surface area contributed by atoms with Crippen molar-refractivity contribution in [1.82, 2.24) is 9.97 Å². The number of benzene rings is 2. The monoisotopic (exact) mass is 394 g/mol. The van der Waals surface area contributed by atoms with Crippen LogP contribution in [0.5, 0.6) is 0 Å². The summed E-state index contributed by atoms with van der Waals surface area (Å²) < 4.78 is 0. The molecule has 0 fully saturated rings. The van der Waals surface area contributed by atoms with E-state index in [2.05, 4.69) is 47.5 Å². The summed E-state index contributed by atoms with van der Waals surface area (Å²) in [5.41, 5.74) is 6.23. The van der Waals surface area contributed by atoms with Crippen LogP contribution >= 0.6 is 0 Å². The minimum absolute atomic E-state index is 0.682. The lowest BCUT2D eigenvalue weighted by molar-refractivity contribution is 0.467. The lowest BCUT2D eigenvalue weighted by atomic mass is 9.94. The van der Waals surface area contributed by atoms with E-state index in [9.17, 15) is 0 Å². The zero-order chi connectivity index (χ0) is 20.9. The number of aromatic nitrogens is 2.